The molecule has 0 aromatic heterocycles. The van der Waals surface area contributed by atoms with Gasteiger partial charge in [0.15, 0.2) is 6.10 Å². The molecule has 0 saturated carbocycles. The fourth-order valence-electron chi connectivity index (χ4n) is 5.76. The summed E-state index contributed by atoms with van der Waals surface area (Å²) in [7, 11) is 1.16. The molecule has 0 spiro atoms. The van der Waals surface area contributed by atoms with Crippen molar-refractivity contribution in [1.82, 2.24) is 0 Å². The van der Waals surface area contributed by atoms with E-state index in [0.29, 0.717) is 17.4 Å². The van der Waals surface area contributed by atoms with Crippen LogP contribution in [0.2, 0.25) is 0 Å². The number of nitrogens with zero attached hydrogens (tertiary/aromatic N) is 1. The van der Waals surface area contributed by atoms with Crippen LogP contribution in [0.5, 0.6) is 0 Å². The van der Waals surface area contributed by atoms with Gasteiger partial charge in [0.25, 0.3) is 7.82 Å². The van der Waals surface area contributed by atoms with Gasteiger partial charge < -0.3 is 27.9 Å². The second-order valence-corrected chi connectivity index (χ2v) is 17.1. The molecule has 0 radical (unpaired) electrons. The van der Waals surface area contributed by atoms with Gasteiger partial charge in [0.1, 0.15) is 19.8 Å². The molecular formula is C43H82NO8P. The van der Waals surface area contributed by atoms with Crippen molar-refractivity contribution >= 4 is 19.8 Å². The molecule has 0 aliphatic rings. The average molecular weight is 772 g/mol. The van der Waals surface area contributed by atoms with E-state index in [9.17, 15) is 19.0 Å². The van der Waals surface area contributed by atoms with Crippen LogP contribution in [0.3, 0.4) is 0 Å². The van der Waals surface area contributed by atoms with Crippen LogP contribution in [0.1, 0.15) is 187 Å². The van der Waals surface area contributed by atoms with Gasteiger partial charge in [0.2, 0.25) is 0 Å². The van der Waals surface area contributed by atoms with Crippen LogP contribution in [0.25, 0.3) is 0 Å². The summed E-state index contributed by atoms with van der Waals surface area (Å²) in [5, 5.41) is 0. The van der Waals surface area contributed by atoms with Gasteiger partial charge in [-0.3, -0.25) is 14.2 Å². The van der Waals surface area contributed by atoms with Gasteiger partial charge in [-0.2, -0.15) is 0 Å². The summed E-state index contributed by atoms with van der Waals surface area (Å²) in [6.45, 7) is 4.19. The molecular weight excluding hydrogens is 689 g/mol. The van der Waals surface area contributed by atoms with Crippen molar-refractivity contribution < 1.29 is 42.1 Å². The number of ether oxygens (including phenoxy) is 2. The molecule has 9 nitrogen and oxygen atoms in total. The smallest absolute Gasteiger partial charge is 0.306 e. The molecule has 0 aliphatic heterocycles. The van der Waals surface area contributed by atoms with Crippen LogP contribution in [-0.2, 0) is 32.7 Å². The molecule has 2 atom stereocenters. The van der Waals surface area contributed by atoms with E-state index in [-0.39, 0.29) is 26.1 Å². The maximum Gasteiger partial charge on any atom is 0.306 e. The number of rotatable bonds is 39. The Balaban J connectivity index is 4.40. The normalized spacial score (nSPS) is 13.8. The minimum Gasteiger partial charge on any atom is -0.756 e. The SMILES string of the molecule is CCCCCCC/C=C\CCCCCCCC(=O)OC[C@H](COP(=O)([O-])OCC[N+](C)(C)C)OC(=O)CCCCCCC/C=C\CCCCCCCC. The number of allylic oxidation sites excluding steroid dienone is 4. The Bertz CT molecular complexity index is 964. The molecule has 0 bridgehead atoms. The summed E-state index contributed by atoms with van der Waals surface area (Å²) in [5.74, 6) is -0.851. The molecule has 0 heterocycles. The van der Waals surface area contributed by atoms with Crippen LogP contribution in [0.15, 0.2) is 24.3 Å². The second kappa shape index (κ2) is 36.1. The first kappa shape index (κ1) is 51.5. The molecule has 0 amide bonds. The minimum absolute atomic E-state index is 0.0326. The maximum atomic E-state index is 12.6. The van der Waals surface area contributed by atoms with Gasteiger partial charge in [0.05, 0.1) is 27.7 Å². The highest BCUT2D eigenvalue weighted by molar-refractivity contribution is 7.45. The predicted molar refractivity (Wildman–Crippen MR) is 218 cm³/mol. The highest BCUT2D eigenvalue weighted by Crippen LogP contribution is 2.38. The third-order valence-corrected chi connectivity index (χ3v) is 10.2. The summed E-state index contributed by atoms with van der Waals surface area (Å²) in [5.41, 5.74) is 0. The molecule has 0 N–H and O–H groups in total. The van der Waals surface area contributed by atoms with Gasteiger partial charge in [-0.1, -0.05) is 134 Å². The lowest BCUT2D eigenvalue weighted by atomic mass is 10.1. The molecule has 0 aromatic rings. The highest BCUT2D eigenvalue weighted by Gasteiger charge is 2.21. The number of quaternary nitrogens is 1. The molecule has 53 heavy (non-hydrogen) atoms. The van der Waals surface area contributed by atoms with Crippen molar-refractivity contribution in [1.29, 1.82) is 0 Å². The zero-order valence-corrected chi connectivity index (χ0v) is 35.9. The van der Waals surface area contributed by atoms with Gasteiger partial charge in [-0.05, 0) is 64.2 Å². The van der Waals surface area contributed by atoms with Gasteiger partial charge >= 0.3 is 11.9 Å². The lowest BCUT2D eigenvalue weighted by molar-refractivity contribution is -0.870. The van der Waals surface area contributed by atoms with Crippen molar-refractivity contribution in [2.24, 2.45) is 0 Å². The van der Waals surface area contributed by atoms with Crippen LogP contribution in [-0.4, -0.2) is 70.0 Å². The Hall–Kier alpha value is -1.51. The zero-order valence-electron chi connectivity index (χ0n) is 35.0. The number of carbonyl (C=O) groups excluding carboxylic acids is 2. The molecule has 0 saturated heterocycles. The molecule has 312 valence electrons. The van der Waals surface area contributed by atoms with Gasteiger partial charge in [-0.15, -0.1) is 0 Å². The van der Waals surface area contributed by atoms with Crippen molar-refractivity contribution in [3.05, 3.63) is 24.3 Å². The largest absolute Gasteiger partial charge is 0.756 e. The van der Waals surface area contributed by atoms with Crippen molar-refractivity contribution in [3.8, 4) is 0 Å². The lowest BCUT2D eigenvalue weighted by Crippen LogP contribution is -2.37. The fourth-order valence-corrected chi connectivity index (χ4v) is 6.49. The third-order valence-electron chi connectivity index (χ3n) is 9.19. The quantitative estimate of drug-likeness (QED) is 0.0200. The molecule has 0 fully saturated rings. The van der Waals surface area contributed by atoms with Crippen LogP contribution in [0.4, 0.5) is 0 Å². The third kappa shape index (κ3) is 40.0. The Kier molecular flexibility index (Phi) is 35.1. The Morgan fingerprint density at radius 3 is 1.40 bits per heavy atom. The van der Waals surface area contributed by atoms with Crippen LogP contribution >= 0.6 is 7.82 Å². The first-order chi connectivity index (χ1) is 25.5. The Morgan fingerprint density at radius 1 is 0.566 bits per heavy atom. The minimum atomic E-state index is -4.62. The molecule has 0 aliphatic carbocycles. The Morgan fingerprint density at radius 2 is 0.962 bits per heavy atom. The number of carbonyl (C=O) groups is 2. The summed E-state index contributed by atoms with van der Waals surface area (Å²) < 4.78 is 33.8. The number of esters is 2. The van der Waals surface area contributed by atoms with E-state index in [1.54, 1.807) is 0 Å². The number of unbranched alkanes of at least 4 members (excludes halogenated alkanes) is 21. The number of phosphoric acid groups is 1. The molecule has 0 rings (SSSR count). The van der Waals surface area contributed by atoms with E-state index in [1.807, 2.05) is 21.1 Å². The van der Waals surface area contributed by atoms with E-state index in [2.05, 4.69) is 38.2 Å². The predicted octanol–water partition coefficient (Wildman–Crippen LogP) is 11.3. The lowest BCUT2D eigenvalue weighted by Gasteiger charge is -2.28. The van der Waals surface area contributed by atoms with Crippen LogP contribution in [0, 0.1) is 0 Å². The van der Waals surface area contributed by atoms with E-state index >= 15 is 0 Å². The van der Waals surface area contributed by atoms with E-state index in [4.69, 9.17) is 18.5 Å². The monoisotopic (exact) mass is 772 g/mol. The summed E-state index contributed by atoms with van der Waals surface area (Å²) in [6.07, 6.45) is 37.7. The van der Waals surface area contributed by atoms with Crippen molar-refractivity contribution in [2.45, 2.75) is 193 Å². The first-order valence-corrected chi connectivity index (χ1v) is 23.0. The topological polar surface area (TPSA) is 111 Å². The number of hydrogen-bond donors (Lipinski definition) is 0. The number of hydrogen-bond acceptors (Lipinski definition) is 8. The molecule has 0 aromatic carbocycles. The highest BCUT2D eigenvalue weighted by atomic mass is 31.2. The zero-order chi connectivity index (χ0) is 39.3. The number of likely N-dealkylation sites (N-methyl/N-ethyl adjacent to an activating group) is 1. The van der Waals surface area contributed by atoms with Crippen molar-refractivity contribution in [2.75, 3.05) is 47.5 Å². The maximum absolute atomic E-state index is 12.6. The van der Waals surface area contributed by atoms with Gasteiger partial charge in [-0.25, -0.2) is 0 Å². The van der Waals surface area contributed by atoms with Crippen molar-refractivity contribution in [3.63, 3.8) is 0 Å². The summed E-state index contributed by atoms with van der Waals surface area (Å²) in [4.78, 5) is 37.5. The molecule has 1 unspecified atom stereocenters. The van der Waals surface area contributed by atoms with E-state index in [1.165, 1.54) is 83.5 Å². The van der Waals surface area contributed by atoms with E-state index < -0.39 is 32.5 Å². The summed E-state index contributed by atoms with van der Waals surface area (Å²) in [6, 6.07) is 0. The van der Waals surface area contributed by atoms with Crippen LogP contribution < -0.4 is 4.89 Å². The Labute approximate surface area is 326 Å². The van der Waals surface area contributed by atoms with E-state index in [0.717, 1.165) is 70.6 Å². The fraction of sp³-hybridized carbons (Fsp3) is 0.860. The average Bonchev–Trinajstić information content (AvgIpc) is 3.10. The standard InChI is InChI=1S/C43H82NO8P/c1-6-8-10-12-14-16-18-20-22-24-26-28-30-32-34-36-43(46)52-41(40-51-53(47,48)50-38-37-44(3,4)5)39-49-42(45)35-33-31-29-27-25-23-21-19-17-15-13-11-9-7-2/h19-22,41H,6-18,23-40H2,1-5H3/b21-19-,22-20-/t41-/m1/s1. The molecule has 10 heteroatoms. The second-order valence-electron chi connectivity index (χ2n) is 15.7. The van der Waals surface area contributed by atoms with Gasteiger partial charge in [0, 0.05) is 12.8 Å². The first-order valence-electron chi connectivity index (χ1n) is 21.5. The summed E-state index contributed by atoms with van der Waals surface area (Å²) >= 11 is 0. The number of phosphoric ester groups is 1.